The summed E-state index contributed by atoms with van der Waals surface area (Å²) in [4.78, 5) is 32.9. The van der Waals surface area contributed by atoms with Gasteiger partial charge in [-0.15, -0.1) is 0 Å². The van der Waals surface area contributed by atoms with Gasteiger partial charge in [0.2, 0.25) is 5.91 Å². The summed E-state index contributed by atoms with van der Waals surface area (Å²) in [6.07, 6.45) is 0. The molecule has 1 aromatic rings. The Balaban J connectivity index is 2.38. The van der Waals surface area contributed by atoms with Crippen LogP contribution in [-0.2, 0) is 9.59 Å². The number of carbonyl (C=O) groups is 3. The zero-order valence-corrected chi connectivity index (χ0v) is 12.4. The first-order valence-corrected chi connectivity index (χ1v) is 6.54. The summed E-state index contributed by atoms with van der Waals surface area (Å²) >= 11 is 9.01. The average Bonchev–Trinajstić information content (AvgIpc) is 2.38. The Hall–Kier alpha value is -1.80. The minimum Gasteiger partial charge on any atom is -0.480 e. The number of nitrogens with one attached hydrogen (secondary N) is 3. The van der Waals surface area contributed by atoms with Gasteiger partial charge in [-0.05, 0) is 34.1 Å². The summed E-state index contributed by atoms with van der Waals surface area (Å²) in [5.74, 6) is -1.76. The third-order valence-corrected chi connectivity index (χ3v) is 3.24. The van der Waals surface area contributed by atoms with Gasteiger partial charge in [0, 0.05) is 10.2 Å². The molecule has 0 saturated carbocycles. The Labute approximate surface area is 127 Å². The average molecular weight is 365 g/mol. The lowest BCUT2D eigenvalue weighted by atomic mass is 10.3. The molecule has 7 nitrogen and oxygen atoms in total. The number of amides is 3. The van der Waals surface area contributed by atoms with Gasteiger partial charge in [0.15, 0.2) is 0 Å². The molecule has 9 heteroatoms. The van der Waals surface area contributed by atoms with Gasteiger partial charge in [0.1, 0.15) is 6.54 Å². The minimum absolute atomic E-state index is 0.326. The summed E-state index contributed by atoms with van der Waals surface area (Å²) in [7, 11) is 0. The number of hydrogen-bond acceptors (Lipinski definition) is 3. The molecule has 0 spiro atoms. The Morgan fingerprint density at radius 3 is 2.50 bits per heavy atom. The van der Waals surface area contributed by atoms with Gasteiger partial charge in [0.25, 0.3) is 0 Å². The molecule has 20 heavy (non-hydrogen) atoms. The van der Waals surface area contributed by atoms with Crippen LogP contribution in [-0.4, -0.2) is 36.1 Å². The predicted molar refractivity (Wildman–Crippen MR) is 76.8 cm³/mol. The maximum Gasteiger partial charge on any atom is 0.322 e. The first-order valence-electron chi connectivity index (χ1n) is 5.37. The van der Waals surface area contributed by atoms with E-state index in [0.717, 1.165) is 0 Å². The fourth-order valence-electron chi connectivity index (χ4n) is 1.15. The third kappa shape index (κ3) is 5.89. The van der Waals surface area contributed by atoms with E-state index in [9.17, 15) is 14.4 Å². The highest BCUT2D eigenvalue weighted by atomic mass is 79.9. The van der Waals surface area contributed by atoms with Gasteiger partial charge in [-0.2, -0.15) is 0 Å². The quantitative estimate of drug-likeness (QED) is 0.634. The molecule has 0 bridgehead atoms. The summed E-state index contributed by atoms with van der Waals surface area (Å²) in [5.41, 5.74) is 0.490. The van der Waals surface area contributed by atoms with Crippen molar-refractivity contribution in [3.05, 3.63) is 27.7 Å². The summed E-state index contributed by atoms with van der Waals surface area (Å²) in [6, 6.07) is 4.20. The van der Waals surface area contributed by atoms with E-state index < -0.39 is 24.5 Å². The van der Waals surface area contributed by atoms with Crippen molar-refractivity contribution in [3.8, 4) is 0 Å². The Morgan fingerprint density at radius 1 is 1.20 bits per heavy atom. The van der Waals surface area contributed by atoms with Crippen LogP contribution in [0.4, 0.5) is 10.5 Å². The normalized spacial score (nSPS) is 9.70. The van der Waals surface area contributed by atoms with Crippen molar-refractivity contribution in [3.63, 3.8) is 0 Å². The number of carboxylic acid groups (broad SMARTS) is 1. The van der Waals surface area contributed by atoms with Crippen LogP contribution >= 0.6 is 27.5 Å². The number of carboxylic acids is 1. The Kier molecular flexibility index (Phi) is 6.26. The first-order chi connectivity index (χ1) is 9.38. The lowest BCUT2D eigenvalue weighted by Crippen LogP contribution is -2.40. The van der Waals surface area contributed by atoms with E-state index in [4.69, 9.17) is 16.7 Å². The van der Waals surface area contributed by atoms with E-state index in [1.54, 1.807) is 18.2 Å². The van der Waals surface area contributed by atoms with Crippen LogP contribution in [0.3, 0.4) is 0 Å². The van der Waals surface area contributed by atoms with E-state index >= 15 is 0 Å². The molecular formula is C11H11BrClN3O4. The highest BCUT2D eigenvalue weighted by Crippen LogP contribution is 2.25. The van der Waals surface area contributed by atoms with Gasteiger partial charge in [0.05, 0.1) is 11.6 Å². The van der Waals surface area contributed by atoms with Crippen molar-refractivity contribution in [2.45, 2.75) is 0 Å². The van der Waals surface area contributed by atoms with E-state index in [2.05, 4.69) is 31.9 Å². The molecular weight excluding hydrogens is 353 g/mol. The lowest BCUT2D eigenvalue weighted by molar-refractivity contribution is -0.137. The van der Waals surface area contributed by atoms with Crippen LogP contribution in [0.1, 0.15) is 0 Å². The summed E-state index contributed by atoms with van der Waals surface area (Å²) < 4.78 is 0.621. The van der Waals surface area contributed by atoms with Gasteiger partial charge in [-0.25, -0.2) is 4.79 Å². The smallest absolute Gasteiger partial charge is 0.322 e. The number of hydrogen-bond donors (Lipinski definition) is 4. The van der Waals surface area contributed by atoms with Crippen LogP contribution in [0.5, 0.6) is 0 Å². The van der Waals surface area contributed by atoms with Crippen LogP contribution in [0.15, 0.2) is 22.7 Å². The van der Waals surface area contributed by atoms with Gasteiger partial charge in [-0.1, -0.05) is 11.6 Å². The molecule has 0 atom stereocenters. The lowest BCUT2D eigenvalue weighted by Gasteiger charge is -2.08. The maximum absolute atomic E-state index is 11.5. The highest BCUT2D eigenvalue weighted by Gasteiger charge is 2.07. The molecule has 4 N–H and O–H groups in total. The molecule has 1 aromatic carbocycles. The van der Waals surface area contributed by atoms with Crippen molar-refractivity contribution in [2.24, 2.45) is 0 Å². The van der Waals surface area contributed by atoms with Crippen molar-refractivity contribution in [2.75, 3.05) is 18.4 Å². The SMILES string of the molecule is O=C(O)CNC(=O)CNC(=O)Nc1ccc(Cl)c(Br)c1. The molecule has 0 aliphatic rings. The van der Waals surface area contributed by atoms with Gasteiger partial charge in [-0.3, -0.25) is 9.59 Å². The first kappa shape index (κ1) is 16.3. The van der Waals surface area contributed by atoms with Crippen molar-refractivity contribution < 1.29 is 19.5 Å². The molecule has 0 heterocycles. The molecule has 0 aromatic heterocycles. The van der Waals surface area contributed by atoms with Crippen LogP contribution in [0.2, 0.25) is 5.02 Å². The number of benzene rings is 1. The van der Waals surface area contributed by atoms with Gasteiger partial charge >= 0.3 is 12.0 Å². The number of carbonyl (C=O) groups excluding carboxylic acids is 2. The Bertz CT molecular complexity index is 538. The fourth-order valence-corrected chi connectivity index (χ4v) is 1.64. The standard InChI is InChI=1S/C11H11BrClN3O4/c12-7-3-6(1-2-8(7)13)16-11(20)15-4-9(17)14-5-10(18)19/h1-3H,4-5H2,(H,14,17)(H,18,19)(H2,15,16,20). The summed E-state index contributed by atoms with van der Waals surface area (Å²) in [6.45, 7) is -0.819. The van der Waals surface area contributed by atoms with E-state index in [-0.39, 0.29) is 6.54 Å². The molecule has 1 rings (SSSR count). The third-order valence-electron chi connectivity index (χ3n) is 2.02. The fraction of sp³-hybridized carbons (Fsp3) is 0.182. The number of urea groups is 1. The highest BCUT2D eigenvalue weighted by molar-refractivity contribution is 9.10. The predicted octanol–water partition coefficient (Wildman–Crippen LogP) is 1.42. The molecule has 0 fully saturated rings. The molecule has 0 saturated heterocycles. The van der Waals surface area contributed by atoms with Gasteiger partial charge < -0.3 is 21.1 Å². The molecule has 0 unspecified atom stereocenters. The molecule has 108 valence electrons. The minimum atomic E-state index is -1.16. The largest absolute Gasteiger partial charge is 0.480 e. The number of anilines is 1. The van der Waals surface area contributed by atoms with E-state index in [0.29, 0.717) is 15.2 Å². The molecule has 0 radical (unpaired) electrons. The maximum atomic E-state index is 11.5. The van der Waals surface area contributed by atoms with Crippen molar-refractivity contribution in [1.82, 2.24) is 10.6 Å². The Morgan fingerprint density at radius 2 is 1.90 bits per heavy atom. The zero-order chi connectivity index (χ0) is 15.1. The molecule has 0 aliphatic carbocycles. The second kappa shape index (κ2) is 7.71. The van der Waals surface area contributed by atoms with E-state index in [1.807, 2.05) is 0 Å². The second-order valence-corrected chi connectivity index (χ2v) is 4.87. The van der Waals surface area contributed by atoms with Crippen molar-refractivity contribution in [1.29, 1.82) is 0 Å². The van der Waals surface area contributed by atoms with Crippen LogP contribution in [0, 0.1) is 0 Å². The summed E-state index contributed by atoms with van der Waals surface area (Å²) in [5, 5.41) is 15.7. The van der Waals surface area contributed by atoms with E-state index in [1.165, 1.54) is 0 Å². The van der Waals surface area contributed by atoms with Crippen LogP contribution in [0.25, 0.3) is 0 Å². The number of halogens is 2. The molecule has 0 aliphatic heterocycles. The monoisotopic (exact) mass is 363 g/mol. The number of aliphatic carboxylic acids is 1. The topological polar surface area (TPSA) is 108 Å². The van der Waals surface area contributed by atoms with Crippen LogP contribution < -0.4 is 16.0 Å². The van der Waals surface area contributed by atoms with Crippen molar-refractivity contribution >= 4 is 51.1 Å². The second-order valence-electron chi connectivity index (χ2n) is 3.61. The molecule has 3 amide bonds. The number of rotatable bonds is 5. The zero-order valence-electron chi connectivity index (χ0n) is 10.1.